The average Bonchev–Trinajstić information content (AvgIpc) is 2.61. The van der Waals surface area contributed by atoms with Gasteiger partial charge in [-0.15, -0.1) is 0 Å². The lowest BCUT2D eigenvalue weighted by Gasteiger charge is -2.28. The number of hydrogen-bond donors (Lipinski definition) is 0. The van der Waals surface area contributed by atoms with Crippen LogP contribution < -0.4 is 0 Å². The zero-order valence-electron chi connectivity index (χ0n) is 16.0. The third-order valence-corrected chi connectivity index (χ3v) is 4.80. The molecule has 0 radical (unpaired) electrons. The molecule has 1 aromatic rings. The molecule has 1 aromatic carbocycles. The van der Waals surface area contributed by atoms with Crippen molar-refractivity contribution in [1.82, 2.24) is 0 Å². The fourth-order valence-corrected chi connectivity index (χ4v) is 3.37. The van der Waals surface area contributed by atoms with Crippen LogP contribution >= 0.6 is 0 Å². The van der Waals surface area contributed by atoms with E-state index in [0.717, 1.165) is 6.42 Å². The molecule has 0 heteroatoms. The van der Waals surface area contributed by atoms with Crippen molar-refractivity contribution in [3.63, 3.8) is 0 Å². The van der Waals surface area contributed by atoms with E-state index in [4.69, 9.17) is 0 Å². The van der Waals surface area contributed by atoms with Crippen molar-refractivity contribution >= 4 is 5.57 Å². The van der Waals surface area contributed by atoms with Crippen LogP contribution in [0.15, 0.2) is 90.6 Å². The van der Waals surface area contributed by atoms with Crippen LogP contribution in [0.4, 0.5) is 0 Å². The van der Waals surface area contributed by atoms with E-state index >= 15 is 0 Å². The summed E-state index contributed by atoms with van der Waals surface area (Å²) < 4.78 is 0. The minimum Gasteiger partial charge on any atom is -0.0990 e. The Morgan fingerprint density at radius 1 is 1.12 bits per heavy atom. The normalized spacial score (nSPS) is 21.5. The Balaban J connectivity index is 2.60. The second-order valence-corrected chi connectivity index (χ2v) is 6.80. The van der Waals surface area contributed by atoms with Gasteiger partial charge in [-0.2, -0.15) is 0 Å². The molecule has 130 valence electrons. The lowest BCUT2D eigenvalue weighted by atomic mass is 9.76. The molecule has 0 nitrogen and oxygen atoms in total. The molecule has 0 heterocycles. The highest BCUT2D eigenvalue weighted by Gasteiger charge is 2.24. The molecule has 0 saturated heterocycles. The van der Waals surface area contributed by atoms with Crippen molar-refractivity contribution < 1.29 is 0 Å². The van der Waals surface area contributed by atoms with Crippen molar-refractivity contribution in [2.24, 2.45) is 11.8 Å². The molecular formula is C25H30. The summed E-state index contributed by atoms with van der Waals surface area (Å²) >= 11 is 0. The third-order valence-electron chi connectivity index (χ3n) is 4.80. The van der Waals surface area contributed by atoms with Gasteiger partial charge in [-0.3, -0.25) is 0 Å². The van der Waals surface area contributed by atoms with E-state index in [9.17, 15) is 0 Å². The van der Waals surface area contributed by atoms with E-state index in [1.54, 1.807) is 0 Å². The zero-order valence-corrected chi connectivity index (χ0v) is 16.0. The summed E-state index contributed by atoms with van der Waals surface area (Å²) in [6.07, 6.45) is 18.4. The number of rotatable bonds is 6. The van der Waals surface area contributed by atoms with Crippen LogP contribution in [0.5, 0.6) is 0 Å². The summed E-state index contributed by atoms with van der Waals surface area (Å²) in [5, 5.41) is 0. The fourth-order valence-electron chi connectivity index (χ4n) is 3.37. The zero-order chi connectivity index (χ0) is 18.2. The van der Waals surface area contributed by atoms with Crippen LogP contribution in [-0.4, -0.2) is 0 Å². The molecular weight excluding hydrogens is 300 g/mol. The minimum atomic E-state index is 0.391. The van der Waals surface area contributed by atoms with Crippen LogP contribution in [0.1, 0.15) is 38.3 Å². The predicted molar refractivity (Wildman–Crippen MR) is 112 cm³/mol. The van der Waals surface area contributed by atoms with E-state index in [1.165, 1.54) is 27.8 Å². The number of allylic oxidation sites excluding steroid dienone is 11. The first kappa shape index (κ1) is 19.0. The fraction of sp³-hybridized carbons (Fsp3) is 0.280. The van der Waals surface area contributed by atoms with Crippen LogP contribution in [-0.2, 0) is 0 Å². The molecule has 2 rings (SSSR count). The van der Waals surface area contributed by atoms with Gasteiger partial charge >= 0.3 is 0 Å². The van der Waals surface area contributed by atoms with Gasteiger partial charge in [0.15, 0.2) is 0 Å². The Labute approximate surface area is 153 Å². The second kappa shape index (κ2) is 9.22. The van der Waals surface area contributed by atoms with E-state index in [2.05, 4.69) is 101 Å². The van der Waals surface area contributed by atoms with Gasteiger partial charge in [0.2, 0.25) is 0 Å². The highest BCUT2D eigenvalue weighted by atomic mass is 14.3. The topological polar surface area (TPSA) is 0 Å². The lowest BCUT2D eigenvalue weighted by molar-refractivity contribution is 0.583. The third kappa shape index (κ3) is 4.82. The van der Waals surface area contributed by atoms with Crippen LogP contribution in [0.2, 0.25) is 0 Å². The SMILES string of the molecule is C=C/C=C(\C(=C(/C)C/C=C/C)C1C=CC=CC1C)c1ccc(C)cc1. The Hall–Kier alpha value is -2.34. The van der Waals surface area contributed by atoms with Gasteiger partial charge in [-0.25, -0.2) is 0 Å². The van der Waals surface area contributed by atoms with Gasteiger partial charge in [-0.05, 0) is 49.8 Å². The molecule has 0 N–H and O–H groups in total. The van der Waals surface area contributed by atoms with Crippen LogP contribution in [0.3, 0.4) is 0 Å². The van der Waals surface area contributed by atoms with Crippen molar-refractivity contribution in [2.45, 2.75) is 34.1 Å². The van der Waals surface area contributed by atoms with Crippen molar-refractivity contribution in [3.05, 3.63) is 102 Å². The molecule has 2 atom stereocenters. The predicted octanol–water partition coefficient (Wildman–Crippen LogP) is 7.23. The van der Waals surface area contributed by atoms with Crippen LogP contribution in [0, 0.1) is 18.8 Å². The monoisotopic (exact) mass is 330 g/mol. The highest BCUT2D eigenvalue weighted by molar-refractivity contribution is 5.82. The maximum atomic E-state index is 3.97. The van der Waals surface area contributed by atoms with E-state index < -0.39 is 0 Å². The van der Waals surface area contributed by atoms with Crippen molar-refractivity contribution in [3.8, 4) is 0 Å². The first-order chi connectivity index (χ1) is 12.1. The molecule has 0 bridgehead atoms. The second-order valence-electron chi connectivity index (χ2n) is 6.80. The summed E-state index contributed by atoms with van der Waals surface area (Å²) in [5.74, 6) is 0.877. The standard InChI is InChI=1S/C25H30/c1-6-8-12-21(5)25(23-14-10-9-13-20(23)4)24(11-7-2)22-17-15-19(3)16-18-22/h6-11,13-18,20,23H,2,12H2,1,3-5H3/b8-6+,24-11-,25-21+. The van der Waals surface area contributed by atoms with Crippen molar-refractivity contribution in [1.29, 1.82) is 0 Å². The van der Waals surface area contributed by atoms with E-state index in [1.807, 2.05) is 6.08 Å². The maximum Gasteiger partial charge on any atom is 0.00870 e. The number of hydrogen-bond acceptors (Lipinski definition) is 0. The first-order valence-electron chi connectivity index (χ1n) is 9.14. The summed E-state index contributed by atoms with van der Waals surface area (Å²) in [6, 6.07) is 8.82. The summed E-state index contributed by atoms with van der Waals surface area (Å²) in [7, 11) is 0. The molecule has 0 aromatic heterocycles. The smallest absolute Gasteiger partial charge is 0.00870 e. The molecule has 0 saturated carbocycles. The highest BCUT2D eigenvalue weighted by Crippen LogP contribution is 2.38. The van der Waals surface area contributed by atoms with E-state index in [-0.39, 0.29) is 0 Å². The maximum absolute atomic E-state index is 3.97. The molecule has 0 spiro atoms. The summed E-state index contributed by atoms with van der Waals surface area (Å²) in [6.45, 7) is 12.7. The summed E-state index contributed by atoms with van der Waals surface area (Å²) in [5.41, 5.74) is 6.68. The summed E-state index contributed by atoms with van der Waals surface area (Å²) in [4.78, 5) is 0. The Bertz CT molecular complexity index is 733. The molecule has 0 aliphatic heterocycles. The van der Waals surface area contributed by atoms with Gasteiger partial charge in [0.05, 0.1) is 0 Å². The lowest BCUT2D eigenvalue weighted by Crippen LogP contribution is -2.15. The Kier molecular flexibility index (Phi) is 7.01. The molecule has 1 aliphatic carbocycles. The first-order valence-corrected chi connectivity index (χ1v) is 9.14. The molecule has 25 heavy (non-hydrogen) atoms. The minimum absolute atomic E-state index is 0.391. The Morgan fingerprint density at radius 3 is 2.40 bits per heavy atom. The molecule has 1 aliphatic rings. The van der Waals surface area contributed by atoms with Gasteiger partial charge < -0.3 is 0 Å². The van der Waals surface area contributed by atoms with Crippen LogP contribution in [0.25, 0.3) is 5.57 Å². The number of aryl methyl sites for hydroxylation is 1. The van der Waals surface area contributed by atoms with Crippen molar-refractivity contribution in [2.75, 3.05) is 0 Å². The van der Waals surface area contributed by atoms with Gasteiger partial charge in [0, 0.05) is 5.92 Å². The molecule has 0 fully saturated rings. The number of benzene rings is 1. The average molecular weight is 331 g/mol. The van der Waals surface area contributed by atoms with Gasteiger partial charge in [0.1, 0.15) is 0 Å². The quantitative estimate of drug-likeness (QED) is 0.381. The van der Waals surface area contributed by atoms with Gasteiger partial charge in [-0.1, -0.05) is 97.5 Å². The molecule has 0 amide bonds. The Morgan fingerprint density at radius 2 is 1.80 bits per heavy atom. The van der Waals surface area contributed by atoms with E-state index in [0.29, 0.717) is 11.8 Å². The molecule has 2 unspecified atom stereocenters. The van der Waals surface area contributed by atoms with Gasteiger partial charge in [0.25, 0.3) is 0 Å². The largest absolute Gasteiger partial charge is 0.0990 e.